The van der Waals surface area contributed by atoms with Crippen molar-refractivity contribution in [3.63, 3.8) is 0 Å². The number of hydrogen-bond donors (Lipinski definition) is 1. The normalized spacial score (nSPS) is 10.1. The molecule has 0 spiro atoms. The molecule has 2 aromatic rings. The van der Waals surface area contributed by atoms with E-state index in [-0.39, 0.29) is 5.01 Å². The molecule has 0 atom stereocenters. The minimum absolute atomic E-state index is 0.00634. The Labute approximate surface area is 87.8 Å². The Hall–Kier alpha value is -2.02. The van der Waals surface area contributed by atoms with Crippen LogP contribution in [0.1, 0.15) is 20.2 Å². The van der Waals surface area contributed by atoms with Gasteiger partial charge >= 0.3 is 5.97 Å². The number of carboxylic acids is 1. The van der Waals surface area contributed by atoms with Crippen molar-refractivity contribution in [3.05, 3.63) is 28.3 Å². The van der Waals surface area contributed by atoms with Gasteiger partial charge in [-0.15, -0.1) is 11.3 Å². The summed E-state index contributed by atoms with van der Waals surface area (Å²) < 4.78 is 1.35. The number of hydrogen-bond acceptors (Lipinski definition) is 5. The SMILES string of the molecule is O=Cc1cnn(-c2csc(C(=O)O)n2)c1. The van der Waals surface area contributed by atoms with E-state index in [0.717, 1.165) is 11.3 Å². The molecule has 2 aromatic heterocycles. The van der Waals surface area contributed by atoms with E-state index in [1.54, 1.807) is 5.38 Å². The Kier molecular flexibility index (Phi) is 2.30. The van der Waals surface area contributed by atoms with Gasteiger partial charge in [0.2, 0.25) is 5.01 Å². The molecule has 0 saturated heterocycles. The molecule has 1 N–H and O–H groups in total. The first-order valence-corrected chi connectivity index (χ1v) is 4.77. The summed E-state index contributed by atoms with van der Waals surface area (Å²) in [4.78, 5) is 24.8. The number of carboxylic acid groups (broad SMARTS) is 1. The molecule has 7 heteroatoms. The van der Waals surface area contributed by atoms with Gasteiger partial charge in [0.25, 0.3) is 0 Å². The van der Waals surface area contributed by atoms with E-state index in [2.05, 4.69) is 10.1 Å². The fourth-order valence-electron chi connectivity index (χ4n) is 0.992. The maximum Gasteiger partial charge on any atom is 0.365 e. The molecule has 76 valence electrons. The minimum atomic E-state index is -1.07. The number of carbonyl (C=O) groups excluding carboxylic acids is 1. The second kappa shape index (κ2) is 3.62. The summed E-state index contributed by atoms with van der Waals surface area (Å²) in [5.74, 6) is -0.681. The highest BCUT2D eigenvalue weighted by atomic mass is 32.1. The monoisotopic (exact) mass is 223 g/mol. The van der Waals surface area contributed by atoms with Crippen LogP contribution in [0, 0.1) is 0 Å². The predicted molar refractivity (Wildman–Crippen MR) is 51.6 cm³/mol. The van der Waals surface area contributed by atoms with Gasteiger partial charge in [-0.1, -0.05) is 0 Å². The van der Waals surface area contributed by atoms with E-state index >= 15 is 0 Å². The van der Waals surface area contributed by atoms with Gasteiger partial charge in [0, 0.05) is 11.6 Å². The third kappa shape index (κ3) is 1.77. The van der Waals surface area contributed by atoms with Gasteiger partial charge in [0.15, 0.2) is 12.1 Å². The molecule has 0 saturated carbocycles. The first kappa shape index (κ1) is 9.53. The topological polar surface area (TPSA) is 85.1 Å². The lowest BCUT2D eigenvalue weighted by molar-refractivity contribution is 0.0696. The van der Waals surface area contributed by atoms with Crippen molar-refractivity contribution < 1.29 is 14.7 Å². The highest BCUT2D eigenvalue weighted by Gasteiger charge is 2.10. The summed E-state index contributed by atoms with van der Waals surface area (Å²) in [7, 11) is 0. The lowest BCUT2D eigenvalue weighted by Gasteiger charge is -1.91. The average molecular weight is 223 g/mol. The number of aromatic nitrogens is 3. The van der Waals surface area contributed by atoms with Crippen molar-refractivity contribution >= 4 is 23.6 Å². The van der Waals surface area contributed by atoms with Crippen molar-refractivity contribution in [1.82, 2.24) is 14.8 Å². The minimum Gasteiger partial charge on any atom is -0.476 e. The van der Waals surface area contributed by atoms with Crippen molar-refractivity contribution in [2.75, 3.05) is 0 Å². The van der Waals surface area contributed by atoms with Crippen molar-refractivity contribution in [2.24, 2.45) is 0 Å². The van der Waals surface area contributed by atoms with E-state index in [1.165, 1.54) is 17.1 Å². The van der Waals surface area contributed by atoms with Gasteiger partial charge in [-0.3, -0.25) is 4.79 Å². The largest absolute Gasteiger partial charge is 0.476 e. The molecule has 0 aliphatic carbocycles. The second-order valence-electron chi connectivity index (χ2n) is 2.65. The quantitative estimate of drug-likeness (QED) is 0.779. The molecule has 2 heterocycles. The van der Waals surface area contributed by atoms with Crippen molar-refractivity contribution in [1.29, 1.82) is 0 Å². The average Bonchev–Trinajstić information content (AvgIpc) is 2.86. The molecule has 0 fully saturated rings. The molecule has 0 amide bonds. The van der Waals surface area contributed by atoms with E-state index in [0.29, 0.717) is 17.7 Å². The molecule has 0 bridgehead atoms. The van der Waals surface area contributed by atoms with E-state index in [4.69, 9.17) is 5.11 Å². The lowest BCUT2D eigenvalue weighted by atomic mass is 10.4. The molecule has 0 aliphatic heterocycles. The number of carbonyl (C=O) groups is 2. The van der Waals surface area contributed by atoms with E-state index in [1.807, 2.05) is 0 Å². The van der Waals surface area contributed by atoms with Gasteiger partial charge in [0.05, 0.1) is 11.8 Å². The fourth-order valence-corrected chi connectivity index (χ4v) is 1.62. The second-order valence-corrected chi connectivity index (χ2v) is 3.51. The van der Waals surface area contributed by atoms with Crippen LogP contribution in [-0.2, 0) is 0 Å². The molecular formula is C8H5N3O3S. The van der Waals surface area contributed by atoms with E-state index in [9.17, 15) is 9.59 Å². The molecule has 6 nitrogen and oxygen atoms in total. The Morgan fingerprint density at radius 1 is 1.60 bits per heavy atom. The number of aromatic carboxylic acids is 1. The molecule has 15 heavy (non-hydrogen) atoms. The zero-order chi connectivity index (χ0) is 10.8. The van der Waals surface area contributed by atoms with Gasteiger partial charge in [-0.25, -0.2) is 14.5 Å². The van der Waals surface area contributed by atoms with Crippen LogP contribution in [-0.4, -0.2) is 32.1 Å². The van der Waals surface area contributed by atoms with Crippen LogP contribution in [0.5, 0.6) is 0 Å². The summed E-state index contributed by atoms with van der Waals surface area (Å²) in [5.41, 5.74) is 0.417. The molecule has 0 unspecified atom stereocenters. The van der Waals surface area contributed by atoms with Crippen molar-refractivity contribution in [3.8, 4) is 5.82 Å². The predicted octanol–water partition coefficient (Wildman–Crippen LogP) is 0.839. The lowest BCUT2D eigenvalue weighted by Crippen LogP contribution is -1.98. The number of aldehydes is 1. The summed E-state index contributed by atoms with van der Waals surface area (Å²) >= 11 is 1.01. The van der Waals surface area contributed by atoms with Crippen LogP contribution in [0.25, 0.3) is 5.82 Å². The number of nitrogens with zero attached hydrogens (tertiary/aromatic N) is 3. The van der Waals surface area contributed by atoms with E-state index < -0.39 is 5.97 Å². The maximum atomic E-state index is 10.6. The highest BCUT2D eigenvalue weighted by molar-refractivity contribution is 7.11. The molecule has 2 rings (SSSR count). The zero-order valence-corrected chi connectivity index (χ0v) is 8.14. The van der Waals surface area contributed by atoms with Crippen LogP contribution < -0.4 is 0 Å². The zero-order valence-electron chi connectivity index (χ0n) is 7.32. The van der Waals surface area contributed by atoms with Crippen LogP contribution in [0.15, 0.2) is 17.8 Å². The van der Waals surface area contributed by atoms with Crippen LogP contribution >= 0.6 is 11.3 Å². The first-order valence-electron chi connectivity index (χ1n) is 3.90. The fraction of sp³-hybridized carbons (Fsp3) is 0. The standard InChI is InChI=1S/C8H5N3O3S/c12-3-5-1-9-11(2-5)6-4-15-7(10-6)8(13)14/h1-4H,(H,13,14). The van der Waals surface area contributed by atoms with Crippen molar-refractivity contribution in [2.45, 2.75) is 0 Å². The Morgan fingerprint density at radius 2 is 2.40 bits per heavy atom. The third-order valence-corrected chi connectivity index (χ3v) is 2.47. The molecule has 0 aliphatic rings. The van der Waals surface area contributed by atoms with Gasteiger partial charge < -0.3 is 5.11 Å². The summed E-state index contributed by atoms with van der Waals surface area (Å²) in [6.07, 6.45) is 3.52. The molecular weight excluding hydrogens is 218 g/mol. The smallest absolute Gasteiger partial charge is 0.365 e. The van der Waals surface area contributed by atoms with Gasteiger partial charge in [-0.05, 0) is 0 Å². The Balaban J connectivity index is 2.36. The molecule has 0 radical (unpaired) electrons. The highest BCUT2D eigenvalue weighted by Crippen LogP contribution is 2.13. The summed E-state index contributed by atoms with van der Waals surface area (Å²) in [6, 6.07) is 0. The number of rotatable bonds is 3. The Bertz CT molecular complexity index is 517. The third-order valence-electron chi connectivity index (χ3n) is 1.65. The molecule has 0 aromatic carbocycles. The van der Waals surface area contributed by atoms with Crippen LogP contribution in [0.2, 0.25) is 0 Å². The van der Waals surface area contributed by atoms with Gasteiger partial charge in [-0.2, -0.15) is 5.10 Å². The van der Waals surface area contributed by atoms with Gasteiger partial charge in [0.1, 0.15) is 0 Å². The van der Waals surface area contributed by atoms with Crippen LogP contribution in [0.3, 0.4) is 0 Å². The van der Waals surface area contributed by atoms with Crippen LogP contribution in [0.4, 0.5) is 0 Å². The maximum absolute atomic E-state index is 10.6. The first-order chi connectivity index (χ1) is 7.20. The Morgan fingerprint density at radius 3 is 2.93 bits per heavy atom. The summed E-state index contributed by atoms with van der Waals surface area (Å²) in [6.45, 7) is 0. The summed E-state index contributed by atoms with van der Waals surface area (Å²) in [5, 5.41) is 14.1. The number of thiazole rings is 1.